The molecule has 0 radical (unpaired) electrons. The molecule has 2 fully saturated rings. The summed E-state index contributed by atoms with van der Waals surface area (Å²) in [5.74, 6) is -5.37. The number of hydrogen-bond donors (Lipinski definition) is 2. The number of non-ortho nitro benzene ring substituents is 1. The van der Waals surface area contributed by atoms with Gasteiger partial charge in [0.2, 0.25) is 25.1 Å². The van der Waals surface area contributed by atoms with Crippen molar-refractivity contribution >= 4 is 75.3 Å². The average Bonchev–Trinajstić information content (AvgIpc) is 1.82. The van der Waals surface area contributed by atoms with Gasteiger partial charge in [-0.1, -0.05) is 34.8 Å². The minimum atomic E-state index is -1.03. The Hall–Kier alpha value is -10.9. The van der Waals surface area contributed by atoms with Crippen LogP contribution < -0.4 is 30.3 Å². The van der Waals surface area contributed by atoms with Crippen molar-refractivity contribution < 1.29 is 91.5 Å². The number of nitro benzene ring substituents is 3. The van der Waals surface area contributed by atoms with Gasteiger partial charge in [-0.2, -0.15) is 0 Å². The second-order valence-electron chi connectivity index (χ2n) is 18.8. The Morgan fingerprint density at radius 1 is 0.686 bits per heavy atom. The number of para-hydroxylation sites is 1. The predicted molar refractivity (Wildman–Crippen MR) is 293 cm³/mol. The molecule has 1 saturated heterocycles. The fourth-order valence-electron chi connectivity index (χ4n) is 9.16. The third-order valence-corrected chi connectivity index (χ3v) is 13.5. The monoisotopic (exact) mass is 1210 g/mol. The van der Waals surface area contributed by atoms with Gasteiger partial charge in [0.15, 0.2) is 10.9 Å². The molecule has 1 saturated carbocycles. The lowest BCUT2D eigenvalue weighted by atomic mass is 10.1. The highest BCUT2D eigenvalue weighted by Gasteiger charge is 2.46. The zero-order chi connectivity index (χ0) is 62.4. The summed E-state index contributed by atoms with van der Waals surface area (Å²) in [4.78, 5) is 142. The van der Waals surface area contributed by atoms with Crippen molar-refractivity contribution in [2.24, 2.45) is 5.92 Å². The maximum absolute atomic E-state index is 13.5. The number of aryl methyl sites for hydroxylation is 1. The van der Waals surface area contributed by atoms with Crippen LogP contribution in [0.25, 0.3) is 10.9 Å². The number of fused-ring (bicyclic) bond motifs is 1. The number of methoxy groups -OCH3 is 1. The van der Waals surface area contributed by atoms with E-state index in [1.807, 2.05) is 5.59 Å². The zero-order valence-electron chi connectivity index (χ0n) is 45.9. The highest BCUT2D eigenvalue weighted by molar-refractivity contribution is 6.30. The Morgan fingerprint density at radius 3 is 2.03 bits per heavy atom. The number of nitrogens with zero attached hydrogens (tertiary/aromatic N) is 7. The van der Waals surface area contributed by atoms with Gasteiger partial charge in [-0.15, -0.1) is 0 Å². The number of nitrogens with one attached hydrogen (secondary N) is 2. The molecule has 450 valence electrons. The van der Waals surface area contributed by atoms with Gasteiger partial charge in [-0.05, 0) is 117 Å². The fraction of sp³-hybridized carbons (Fsp3) is 0.296. The van der Waals surface area contributed by atoms with E-state index in [1.165, 1.54) is 42.0 Å². The van der Waals surface area contributed by atoms with E-state index in [1.54, 1.807) is 68.4 Å². The van der Waals surface area contributed by atoms with Crippen LogP contribution in [0, 0.1) is 59.9 Å². The highest BCUT2D eigenvalue weighted by atomic mass is 35.5. The predicted octanol–water partition coefficient (Wildman–Crippen LogP) is 7.29. The molecule has 0 amide bonds. The van der Waals surface area contributed by atoms with Crippen molar-refractivity contribution in [1.82, 2.24) is 20.8 Å². The van der Waals surface area contributed by atoms with Gasteiger partial charge in [-0.3, -0.25) is 54.1 Å². The molecule has 8 rings (SSSR count). The maximum atomic E-state index is 13.5. The molecule has 86 heavy (non-hydrogen) atoms. The number of carbonyl (C=O) groups excluding carboxylic acids is 6. The van der Waals surface area contributed by atoms with E-state index in [2.05, 4.69) is 5.59 Å². The summed E-state index contributed by atoms with van der Waals surface area (Å²) >= 11 is 5.99. The minimum absolute atomic E-state index is 0.0338. The SMILES string of the molecule is CC(=O)Oc1ccccc1C(=O)OCOC(=O)C1CCCC1[N+](=O)NOc1ccc([N+](=O)[O-])cc1[N+](=O)[O-].COc1ccc2c(c1)c(CC(=O)OCOC(=O)C1CCCN1[N+](=O)NOc1ccc(C)cc1[N+](=O)[O-])c(C)n2C(=O)c1ccc(Cl)cc1. The number of nitro groups is 3. The molecule has 2 heterocycles. The maximum Gasteiger partial charge on any atom is 0.344 e. The Balaban J connectivity index is 0.000000253. The molecule has 5 aromatic carbocycles. The average molecular weight is 1210 g/mol. The summed E-state index contributed by atoms with van der Waals surface area (Å²) in [7, 11) is 1.50. The largest absolute Gasteiger partial charge is 0.497 e. The van der Waals surface area contributed by atoms with Gasteiger partial charge in [0, 0.05) is 52.7 Å². The molecule has 3 atom stereocenters. The van der Waals surface area contributed by atoms with Crippen LogP contribution in [-0.4, -0.2) is 109 Å². The molecule has 6 aromatic rings. The zero-order valence-corrected chi connectivity index (χ0v) is 46.7. The van der Waals surface area contributed by atoms with E-state index in [9.17, 15) is 68.9 Å². The number of ether oxygens (including phenoxy) is 6. The van der Waals surface area contributed by atoms with E-state index in [0.29, 0.717) is 63.0 Å². The number of esters is 5. The van der Waals surface area contributed by atoms with Gasteiger partial charge in [-0.25, -0.2) is 9.59 Å². The van der Waals surface area contributed by atoms with Crippen LogP contribution in [0.2, 0.25) is 5.02 Å². The molecule has 0 bridgehead atoms. The highest BCUT2D eigenvalue weighted by Crippen LogP contribution is 2.34. The Bertz CT molecular complexity index is 3650. The molecule has 1 aromatic heterocycles. The Morgan fingerprint density at radius 2 is 1.35 bits per heavy atom. The van der Waals surface area contributed by atoms with Gasteiger partial charge in [0.1, 0.15) is 23.0 Å². The summed E-state index contributed by atoms with van der Waals surface area (Å²) < 4.78 is 32.1. The van der Waals surface area contributed by atoms with Crippen LogP contribution in [0.5, 0.6) is 23.0 Å². The first-order valence-electron chi connectivity index (χ1n) is 25.7. The van der Waals surface area contributed by atoms with Gasteiger partial charge >= 0.3 is 41.2 Å². The lowest BCUT2D eigenvalue weighted by Gasteiger charge is -2.15. The van der Waals surface area contributed by atoms with Crippen LogP contribution >= 0.6 is 11.6 Å². The number of rotatable bonds is 23. The second-order valence-corrected chi connectivity index (χ2v) is 19.2. The van der Waals surface area contributed by atoms with Crippen LogP contribution in [0.3, 0.4) is 0 Å². The lowest BCUT2D eigenvalue weighted by molar-refractivity contribution is -0.782. The molecule has 2 N–H and O–H groups in total. The molecule has 2 aliphatic rings. The Kier molecular flexibility index (Phi) is 20.7. The van der Waals surface area contributed by atoms with E-state index < -0.39 is 93.3 Å². The van der Waals surface area contributed by atoms with Gasteiger partial charge in [0.25, 0.3) is 22.6 Å². The standard InChI is InChI=1S/C32H31ClN5O10.C22H21N4O12/c1-19-6-13-29(28(15-19)37(42)43)48-34-38(44)35-14-4-5-27(35)32(41)47-18-46-30(39)17-24-20(2)36(26-12-11-23(45-3)16-25(24)26)31(40)21-7-9-22(33)10-8-21;1-13(27)37-19-8-3-2-5-16(19)22(29)36-12-35-21(28)15-6-4-7-17(15)24(30)23-38-20-10-9-14(25(31)32)11-18(20)26(33)34/h6-13,15-16,27H,4-5,14,17-18H2,1-3H3,(H,34,44);2-3,5,8-11,15,17H,4,6-7,12H2,1H3,(H,23,30)/q2*+1. The first kappa shape index (κ1) is 62.7. The lowest BCUT2D eigenvalue weighted by Crippen LogP contribution is -2.49. The summed E-state index contributed by atoms with van der Waals surface area (Å²) in [6, 6.07) is 22.2. The van der Waals surface area contributed by atoms with E-state index >= 15 is 0 Å². The Labute approximate surface area is 489 Å². The molecule has 1 aliphatic carbocycles. The molecule has 1 aliphatic heterocycles. The van der Waals surface area contributed by atoms with Crippen LogP contribution in [0.15, 0.2) is 103 Å². The summed E-state index contributed by atoms with van der Waals surface area (Å²) in [6.45, 7) is 3.22. The van der Waals surface area contributed by atoms with Crippen molar-refractivity contribution in [3.63, 3.8) is 0 Å². The van der Waals surface area contributed by atoms with Crippen molar-refractivity contribution in [2.45, 2.75) is 71.4 Å². The fourth-order valence-corrected chi connectivity index (χ4v) is 9.28. The van der Waals surface area contributed by atoms with Crippen molar-refractivity contribution in [3.8, 4) is 23.0 Å². The number of halogens is 1. The topological polar surface area (TPSA) is 378 Å². The van der Waals surface area contributed by atoms with Crippen molar-refractivity contribution in [3.05, 3.63) is 176 Å². The molecular weight excluding hydrogens is 1160 g/mol. The number of nitroso groups, excluding NO2 is 2. The van der Waals surface area contributed by atoms with E-state index in [4.69, 9.17) is 49.7 Å². The molecule has 31 nitrogen and oxygen atoms in total. The summed E-state index contributed by atoms with van der Waals surface area (Å²) in [5.41, 5.74) is 4.92. The van der Waals surface area contributed by atoms with Crippen LogP contribution in [0.1, 0.15) is 76.6 Å². The normalized spacial score (nSPS) is 14.9. The van der Waals surface area contributed by atoms with E-state index in [0.717, 1.165) is 24.1 Å². The van der Waals surface area contributed by atoms with Crippen LogP contribution in [-0.2, 0) is 44.5 Å². The summed E-state index contributed by atoms with van der Waals surface area (Å²) in [6.07, 6.45) is 1.47. The van der Waals surface area contributed by atoms with Crippen LogP contribution in [0.4, 0.5) is 17.1 Å². The second kappa shape index (κ2) is 28.4. The molecular formula is C54H52ClN9O22+2. The molecule has 3 unspecified atom stereocenters. The number of hydrogen-bond acceptors (Lipinski definition) is 22. The number of carbonyl (C=O) groups is 6. The van der Waals surface area contributed by atoms with E-state index in [-0.39, 0.29) is 70.7 Å². The first-order chi connectivity index (χ1) is 41.1. The number of aromatic nitrogens is 1. The smallest absolute Gasteiger partial charge is 0.344 e. The number of benzene rings is 5. The van der Waals surface area contributed by atoms with Crippen molar-refractivity contribution in [2.75, 3.05) is 27.2 Å². The molecule has 32 heteroatoms. The minimum Gasteiger partial charge on any atom is -0.497 e. The van der Waals surface area contributed by atoms with Gasteiger partial charge in [0.05, 0.1) is 61.8 Å². The molecule has 0 spiro atoms. The number of hydrazine groups is 3. The third-order valence-electron chi connectivity index (χ3n) is 13.3. The first-order valence-corrected chi connectivity index (χ1v) is 26.1. The third kappa shape index (κ3) is 15.4. The quantitative estimate of drug-likeness (QED) is 0.0159. The van der Waals surface area contributed by atoms with Gasteiger partial charge < -0.3 is 38.1 Å². The summed E-state index contributed by atoms with van der Waals surface area (Å²) in [5, 5.41) is 35.6. The van der Waals surface area contributed by atoms with Crippen molar-refractivity contribution in [1.29, 1.82) is 0 Å².